The van der Waals surface area contributed by atoms with Crippen LogP contribution < -0.4 is 0 Å². The van der Waals surface area contributed by atoms with Gasteiger partial charge in [0.1, 0.15) is 0 Å². The molecule has 3 aliphatic carbocycles. The minimum Gasteiger partial charge on any atom is -0.295 e. The van der Waals surface area contributed by atoms with Gasteiger partial charge in [-0.05, 0) is 55.4 Å². The van der Waals surface area contributed by atoms with Crippen molar-refractivity contribution >= 4 is 5.78 Å². The highest BCUT2D eigenvalue weighted by Gasteiger charge is 2.62. The molecule has 0 amide bonds. The molecule has 0 aliphatic heterocycles. The van der Waals surface area contributed by atoms with Crippen LogP contribution >= 0.6 is 0 Å². The van der Waals surface area contributed by atoms with Gasteiger partial charge in [-0.3, -0.25) is 4.79 Å². The molecular formula is C12H16O. The minimum absolute atomic E-state index is 0.325. The lowest BCUT2D eigenvalue weighted by molar-refractivity contribution is -0.115. The molecule has 0 bridgehead atoms. The molecule has 2 fully saturated rings. The quantitative estimate of drug-likeness (QED) is 0.646. The van der Waals surface area contributed by atoms with Crippen molar-refractivity contribution in [2.45, 2.75) is 32.1 Å². The number of ketones is 1. The van der Waals surface area contributed by atoms with Gasteiger partial charge in [-0.1, -0.05) is 6.08 Å². The Morgan fingerprint density at radius 1 is 1.31 bits per heavy atom. The van der Waals surface area contributed by atoms with Crippen LogP contribution in [0.1, 0.15) is 32.1 Å². The van der Waals surface area contributed by atoms with Crippen molar-refractivity contribution in [1.82, 2.24) is 0 Å². The van der Waals surface area contributed by atoms with E-state index in [2.05, 4.69) is 6.08 Å². The van der Waals surface area contributed by atoms with Crippen LogP contribution in [-0.2, 0) is 4.79 Å². The second kappa shape index (κ2) is 2.70. The summed E-state index contributed by atoms with van der Waals surface area (Å²) in [6.07, 6.45) is 10.1. The van der Waals surface area contributed by atoms with Crippen LogP contribution in [0.4, 0.5) is 0 Å². The van der Waals surface area contributed by atoms with E-state index in [1.165, 1.54) is 19.3 Å². The fourth-order valence-corrected chi connectivity index (χ4v) is 2.74. The lowest BCUT2D eigenvalue weighted by Crippen LogP contribution is -2.08. The molecule has 1 nitrogen and oxygen atoms in total. The van der Waals surface area contributed by atoms with Crippen molar-refractivity contribution in [3.63, 3.8) is 0 Å². The van der Waals surface area contributed by atoms with Gasteiger partial charge in [0, 0.05) is 6.42 Å². The van der Waals surface area contributed by atoms with Crippen molar-refractivity contribution in [2.75, 3.05) is 0 Å². The standard InChI is InChI=1S/C12H16O/c13-9-4-1-8(2-5-9)3-6-10-11-7-12(10)11/h1,4,8,10-12H,2-3,5-7H2. The van der Waals surface area contributed by atoms with Crippen LogP contribution in [0.15, 0.2) is 12.2 Å². The first-order valence-electron chi connectivity index (χ1n) is 5.55. The Hall–Kier alpha value is -0.590. The normalized spacial score (nSPS) is 46.0. The SMILES string of the molecule is O=C1C=CC(CCC2C3CC23)CC1. The molecule has 0 radical (unpaired) electrons. The van der Waals surface area contributed by atoms with Gasteiger partial charge in [-0.2, -0.15) is 0 Å². The monoisotopic (exact) mass is 176 g/mol. The average molecular weight is 176 g/mol. The van der Waals surface area contributed by atoms with Gasteiger partial charge < -0.3 is 0 Å². The molecule has 3 aliphatic rings. The lowest BCUT2D eigenvalue weighted by atomic mass is 9.89. The minimum atomic E-state index is 0.325. The van der Waals surface area contributed by atoms with Crippen LogP contribution in [0.2, 0.25) is 0 Å². The molecule has 3 unspecified atom stereocenters. The van der Waals surface area contributed by atoms with Crippen molar-refractivity contribution in [2.24, 2.45) is 23.7 Å². The van der Waals surface area contributed by atoms with Crippen LogP contribution in [0.25, 0.3) is 0 Å². The molecule has 70 valence electrons. The number of carbonyl (C=O) groups is 1. The van der Waals surface area contributed by atoms with E-state index >= 15 is 0 Å². The van der Waals surface area contributed by atoms with E-state index in [0.717, 1.165) is 36.5 Å². The topological polar surface area (TPSA) is 17.1 Å². The second-order valence-electron chi connectivity index (χ2n) is 4.93. The van der Waals surface area contributed by atoms with Gasteiger partial charge >= 0.3 is 0 Å². The summed E-state index contributed by atoms with van der Waals surface area (Å²) in [5.41, 5.74) is 0. The Bertz CT molecular complexity index is 258. The zero-order valence-corrected chi connectivity index (χ0v) is 7.91. The maximum Gasteiger partial charge on any atom is 0.155 e. The summed E-state index contributed by atoms with van der Waals surface area (Å²) in [7, 11) is 0. The van der Waals surface area contributed by atoms with Gasteiger partial charge in [0.15, 0.2) is 5.78 Å². The largest absolute Gasteiger partial charge is 0.295 e. The molecule has 0 saturated heterocycles. The van der Waals surface area contributed by atoms with Crippen LogP contribution in [-0.4, -0.2) is 5.78 Å². The molecule has 0 aromatic carbocycles. The maximum atomic E-state index is 10.9. The van der Waals surface area contributed by atoms with Gasteiger partial charge in [0.25, 0.3) is 0 Å². The summed E-state index contributed by atoms with van der Waals surface area (Å²) in [4.78, 5) is 10.9. The fourth-order valence-electron chi connectivity index (χ4n) is 2.74. The summed E-state index contributed by atoms with van der Waals surface area (Å²) >= 11 is 0. The number of carbonyl (C=O) groups excluding carboxylic acids is 1. The molecule has 3 atom stereocenters. The second-order valence-corrected chi connectivity index (χ2v) is 4.93. The van der Waals surface area contributed by atoms with Crippen LogP contribution in [0.5, 0.6) is 0 Å². The van der Waals surface area contributed by atoms with Crippen molar-refractivity contribution in [3.8, 4) is 0 Å². The number of fused-ring (bicyclic) bond motifs is 1. The average Bonchev–Trinajstić information content (AvgIpc) is 2.97. The number of allylic oxidation sites excluding steroid dienone is 2. The lowest BCUT2D eigenvalue weighted by Gasteiger charge is -2.15. The van der Waals surface area contributed by atoms with Crippen molar-refractivity contribution in [3.05, 3.63) is 12.2 Å². The van der Waals surface area contributed by atoms with Gasteiger partial charge in [-0.25, -0.2) is 0 Å². The molecule has 0 aromatic heterocycles. The van der Waals surface area contributed by atoms with Gasteiger partial charge in [0.05, 0.1) is 0 Å². The first kappa shape index (κ1) is 7.78. The summed E-state index contributed by atoms with van der Waals surface area (Å²) in [5.74, 6) is 4.44. The summed E-state index contributed by atoms with van der Waals surface area (Å²) in [6.45, 7) is 0. The van der Waals surface area contributed by atoms with E-state index < -0.39 is 0 Å². The number of hydrogen-bond acceptors (Lipinski definition) is 1. The molecule has 13 heavy (non-hydrogen) atoms. The van der Waals surface area contributed by atoms with E-state index in [0.29, 0.717) is 5.78 Å². The van der Waals surface area contributed by atoms with E-state index in [1.807, 2.05) is 0 Å². The van der Waals surface area contributed by atoms with Crippen LogP contribution in [0, 0.1) is 23.7 Å². The highest BCUT2D eigenvalue weighted by atomic mass is 16.1. The predicted molar refractivity (Wildman–Crippen MR) is 51.2 cm³/mol. The third-order valence-electron chi connectivity index (χ3n) is 4.04. The molecule has 0 spiro atoms. The van der Waals surface area contributed by atoms with E-state index in [-0.39, 0.29) is 0 Å². The summed E-state index contributed by atoms with van der Waals surface area (Å²) < 4.78 is 0. The number of rotatable bonds is 3. The molecular weight excluding hydrogens is 160 g/mol. The fraction of sp³-hybridized carbons (Fsp3) is 0.750. The Kier molecular flexibility index (Phi) is 1.61. The molecule has 0 heterocycles. The Labute approximate surface area is 79.2 Å². The zero-order valence-electron chi connectivity index (χ0n) is 7.91. The highest BCUT2D eigenvalue weighted by molar-refractivity contribution is 5.90. The first-order valence-corrected chi connectivity index (χ1v) is 5.55. The predicted octanol–water partition coefficient (Wildman–Crippen LogP) is 2.57. The number of hydrogen-bond donors (Lipinski definition) is 0. The van der Waals surface area contributed by atoms with Gasteiger partial charge in [0.2, 0.25) is 0 Å². The highest BCUT2D eigenvalue weighted by Crippen LogP contribution is 2.69. The summed E-state index contributed by atoms with van der Waals surface area (Å²) in [5, 5.41) is 0. The van der Waals surface area contributed by atoms with Gasteiger partial charge in [-0.15, -0.1) is 0 Å². The smallest absolute Gasteiger partial charge is 0.155 e. The van der Waals surface area contributed by atoms with Crippen LogP contribution in [0.3, 0.4) is 0 Å². The molecule has 3 rings (SSSR count). The molecule has 0 N–H and O–H groups in total. The third-order valence-corrected chi connectivity index (χ3v) is 4.04. The molecule has 2 saturated carbocycles. The Balaban J connectivity index is 1.44. The molecule has 0 aromatic rings. The first-order chi connectivity index (χ1) is 6.34. The van der Waals surface area contributed by atoms with Crippen molar-refractivity contribution < 1.29 is 4.79 Å². The van der Waals surface area contributed by atoms with E-state index in [4.69, 9.17) is 0 Å². The van der Waals surface area contributed by atoms with Crippen molar-refractivity contribution in [1.29, 1.82) is 0 Å². The van der Waals surface area contributed by atoms with E-state index in [1.54, 1.807) is 6.08 Å². The maximum absolute atomic E-state index is 10.9. The molecule has 1 heteroatoms. The third kappa shape index (κ3) is 1.45. The Morgan fingerprint density at radius 3 is 2.69 bits per heavy atom. The summed E-state index contributed by atoms with van der Waals surface area (Å²) in [6, 6.07) is 0. The zero-order chi connectivity index (χ0) is 8.84. The van der Waals surface area contributed by atoms with E-state index in [9.17, 15) is 4.79 Å². The Morgan fingerprint density at radius 2 is 2.15 bits per heavy atom.